The van der Waals surface area contributed by atoms with Crippen LogP contribution in [0, 0.1) is 0 Å². The monoisotopic (exact) mass is 194 g/mol. The third-order valence-electron chi connectivity index (χ3n) is 2.31. The lowest BCUT2D eigenvalue weighted by atomic mass is 10.2. The first-order valence-corrected chi connectivity index (χ1v) is 4.14. The molecule has 0 aromatic rings. The van der Waals surface area contributed by atoms with Gasteiger partial charge in [0.25, 0.3) is 0 Å². The van der Waals surface area contributed by atoms with Crippen LogP contribution in [0.1, 0.15) is 6.92 Å². The van der Waals surface area contributed by atoms with Crippen LogP contribution in [0.5, 0.6) is 0 Å². The summed E-state index contributed by atoms with van der Waals surface area (Å²) >= 11 is 0. The Balaban J connectivity index is 2.58. The molecule has 1 fully saturated rings. The van der Waals surface area contributed by atoms with Gasteiger partial charge in [0.2, 0.25) is 5.79 Å². The summed E-state index contributed by atoms with van der Waals surface area (Å²) < 4.78 is 38.7. The van der Waals surface area contributed by atoms with E-state index in [4.69, 9.17) is 0 Å². The average Bonchev–Trinajstić information content (AvgIpc) is 2.04. The van der Waals surface area contributed by atoms with Gasteiger partial charge in [-0.3, -0.25) is 4.90 Å². The molecule has 1 saturated heterocycles. The van der Waals surface area contributed by atoms with Crippen LogP contribution in [0.3, 0.4) is 0 Å². The minimum Gasteiger partial charge on any atom is -0.263 e. The van der Waals surface area contributed by atoms with Crippen LogP contribution >= 0.6 is 0 Å². The molecule has 0 bridgehead atoms. The number of hydrogen-bond donors (Lipinski definition) is 0. The normalized spacial score (nSPS) is 25.5. The van der Waals surface area contributed by atoms with Crippen molar-refractivity contribution in [2.75, 3.05) is 26.2 Å². The molecular weight excluding hydrogens is 181 g/mol. The Morgan fingerprint density at radius 3 is 2.15 bits per heavy atom. The van der Waals surface area contributed by atoms with Crippen molar-refractivity contribution in [1.29, 1.82) is 0 Å². The van der Waals surface area contributed by atoms with E-state index < -0.39 is 11.6 Å². The molecule has 0 aliphatic carbocycles. The molecule has 1 unspecified atom stereocenters. The van der Waals surface area contributed by atoms with Gasteiger partial charge in [0.1, 0.15) is 5.83 Å². The Bertz CT molecular complexity index is 198. The van der Waals surface area contributed by atoms with E-state index >= 15 is 0 Å². The Hall–Kier alpha value is -0.550. The lowest BCUT2D eigenvalue weighted by molar-refractivity contribution is -0.0824. The predicted molar refractivity (Wildman–Crippen MR) is 44.0 cm³/mol. The molecular formula is C8H13F3N2. The molecule has 1 atom stereocenters. The highest BCUT2D eigenvalue weighted by Gasteiger charge is 2.37. The van der Waals surface area contributed by atoms with Crippen LogP contribution in [0.15, 0.2) is 12.4 Å². The van der Waals surface area contributed by atoms with Crippen molar-refractivity contribution < 1.29 is 13.3 Å². The SMILES string of the molecule is C=C(F)C(C)(F)N1CCN(F)CC1. The number of nitrogens with zero attached hydrogens (tertiary/aromatic N) is 2. The van der Waals surface area contributed by atoms with Gasteiger partial charge in [0, 0.05) is 26.2 Å². The van der Waals surface area contributed by atoms with Gasteiger partial charge in [-0.25, -0.2) is 8.78 Å². The van der Waals surface area contributed by atoms with Crippen molar-refractivity contribution in [3.8, 4) is 0 Å². The van der Waals surface area contributed by atoms with Gasteiger partial charge in [0.05, 0.1) is 0 Å². The summed E-state index contributed by atoms with van der Waals surface area (Å²) in [6.45, 7) is 4.58. The van der Waals surface area contributed by atoms with Crippen molar-refractivity contribution in [2.45, 2.75) is 12.7 Å². The summed E-state index contributed by atoms with van der Waals surface area (Å²) in [6.07, 6.45) is 0. The van der Waals surface area contributed by atoms with Gasteiger partial charge in [-0.05, 0) is 6.92 Å². The fourth-order valence-electron chi connectivity index (χ4n) is 1.27. The van der Waals surface area contributed by atoms with Gasteiger partial charge in [0.15, 0.2) is 0 Å². The van der Waals surface area contributed by atoms with Crippen molar-refractivity contribution in [3.63, 3.8) is 0 Å². The number of alkyl halides is 1. The highest BCUT2D eigenvalue weighted by Crippen LogP contribution is 2.26. The first kappa shape index (κ1) is 10.5. The second kappa shape index (κ2) is 3.67. The summed E-state index contributed by atoms with van der Waals surface area (Å²) in [7, 11) is 0. The minimum absolute atomic E-state index is 0.104. The first-order valence-electron chi connectivity index (χ1n) is 4.14. The van der Waals surface area contributed by atoms with Gasteiger partial charge in [-0.2, -0.15) is 0 Å². The van der Waals surface area contributed by atoms with E-state index in [-0.39, 0.29) is 26.2 Å². The molecule has 1 rings (SSSR count). The summed E-state index contributed by atoms with van der Waals surface area (Å²) in [5.41, 5.74) is 0. The van der Waals surface area contributed by atoms with E-state index in [1.165, 1.54) is 4.90 Å². The molecule has 0 aromatic carbocycles. The highest BCUT2D eigenvalue weighted by molar-refractivity contribution is 5.01. The van der Waals surface area contributed by atoms with Crippen LogP contribution in [0.25, 0.3) is 0 Å². The van der Waals surface area contributed by atoms with E-state index in [9.17, 15) is 13.3 Å². The van der Waals surface area contributed by atoms with E-state index in [0.717, 1.165) is 6.92 Å². The van der Waals surface area contributed by atoms with Crippen LogP contribution < -0.4 is 0 Å². The Labute approximate surface area is 75.5 Å². The maximum Gasteiger partial charge on any atom is 0.212 e. The van der Waals surface area contributed by atoms with Crippen LogP contribution in [-0.4, -0.2) is 42.0 Å². The third-order valence-corrected chi connectivity index (χ3v) is 2.31. The zero-order valence-electron chi connectivity index (χ0n) is 7.56. The van der Waals surface area contributed by atoms with E-state index in [1.54, 1.807) is 0 Å². The van der Waals surface area contributed by atoms with Crippen molar-refractivity contribution in [2.24, 2.45) is 0 Å². The average molecular weight is 194 g/mol. The molecule has 0 amide bonds. The molecule has 1 aliphatic heterocycles. The van der Waals surface area contributed by atoms with Gasteiger partial charge in [-0.1, -0.05) is 6.58 Å². The molecule has 0 saturated carbocycles. The lowest BCUT2D eigenvalue weighted by Crippen LogP contribution is -2.52. The van der Waals surface area contributed by atoms with Crippen molar-refractivity contribution >= 4 is 0 Å². The number of hydrogen-bond acceptors (Lipinski definition) is 2. The Morgan fingerprint density at radius 2 is 1.77 bits per heavy atom. The molecule has 0 radical (unpaired) electrons. The molecule has 1 heterocycles. The van der Waals surface area contributed by atoms with Crippen LogP contribution in [0.4, 0.5) is 13.3 Å². The fourth-order valence-corrected chi connectivity index (χ4v) is 1.27. The molecule has 0 spiro atoms. The molecule has 76 valence electrons. The van der Waals surface area contributed by atoms with Crippen molar-refractivity contribution in [1.82, 2.24) is 10.0 Å². The molecule has 2 nitrogen and oxygen atoms in total. The maximum absolute atomic E-state index is 13.5. The third kappa shape index (κ3) is 2.22. The minimum atomic E-state index is -2.17. The molecule has 1 aliphatic rings. The molecule has 13 heavy (non-hydrogen) atoms. The summed E-state index contributed by atoms with van der Waals surface area (Å²) in [5.74, 6) is -3.19. The Morgan fingerprint density at radius 1 is 1.31 bits per heavy atom. The summed E-state index contributed by atoms with van der Waals surface area (Å²) in [4.78, 5) is 1.24. The molecule has 0 N–H and O–H groups in total. The number of rotatable bonds is 2. The van der Waals surface area contributed by atoms with Crippen LogP contribution in [0.2, 0.25) is 0 Å². The second-order valence-corrected chi connectivity index (χ2v) is 3.26. The fraction of sp³-hybridized carbons (Fsp3) is 0.750. The van der Waals surface area contributed by atoms with Crippen molar-refractivity contribution in [3.05, 3.63) is 12.4 Å². The largest absolute Gasteiger partial charge is 0.263 e. The number of piperazine rings is 1. The summed E-state index contributed by atoms with van der Waals surface area (Å²) in [5, 5.41) is 0.591. The topological polar surface area (TPSA) is 6.48 Å². The quantitative estimate of drug-likeness (QED) is 0.487. The second-order valence-electron chi connectivity index (χ2n) is 3.26. The lowest BCUT2D eigenvalue weighted by Gasteiger charge is -2.37. The predicted octanol–water partition coefficient (Wildman–Crippen LogP) is 1.66. The molecule has 5 heteroatoms. The van der Waals surface area contributed by atoms with Gasteiger partial charge < -0.3 is 0 Å². The zero-order chi connectivity index (χ0) is 10.1. The maximum atomic E-state index is 13.5. The van der Waals surface area contributed by atoms with Gasteiger partial charge >= 0.3 is 0 Å². The standard InChI is InChI=1S/C8H13F3N2/c1-7(9)8(2,10)12-3-5-13(11)6-4-12/h1,3-6H2,2H3. The Kier molecular flexibility index (Phi) is 2.98. The highest BCUT2D eigenvalue weighted by atomic mass is 19.2. The zero-order valence-corrected chi connectivity index (χ0v) is 7.56. The molecule has 0 aromatic heterocycles. The smallest absolute Gasteiger partial charge is 0.212 e. The van der Waals surface area contributed by atoms with E-state index in [2.05, 4.69) is 6.58 Å². The summed E-state index contributed by atoms with van der Waals surface area (Å²) in [6, 6.07) is 0. The van der Waals surface area contributed by atoms with Gasteiger partial charge in [-0.15, -0.1) is 9.60 Å². The van der Waals surface area contributed by atoms with E-state index in [0.29, 0.717) is 5.12 Å². The van der Waals surface area contributed by atoms with E-state index in [1.807, 2.05) is 0 Å². The van der Waals surface area contributed by atoms with Crippen LogP contribution in [-0.2, 0) is 0 Å². The first-order chi connectivity index (χ1) is 5.94. The number of halogens is 3.